The number of benzene rings is 1. The van der Waals surface area contributed by atoms with Crippen LogP contribution >= 0.6 is 0 Å². The molecule has 6 nitrogen and oxygen atoms in total. The molecule has 1 unspecified atom stereocenters. The van der Waals surface area contributed by atoms with Gasteiger partial charge in [-0.1, -0.05) is 32.9 Å². The van der Waals surface area contributed by atoms with Gasteiger partial charge in [-0.05, 0) is 49.8 Å². The number of hydrogen-bond acceptors (Lipinski definition) is 4. The van der Waals surface area contributed by atoms with Crippen molar-refractivity contribution in [2.45, 2.75) is 65.0 Å². The molecule has 2 rings (SSSR count). The Balaban J connectivity index is 1.74. The molecular formula is C22H35N3O3. The summed E-state index contributed by atoms with van der Waals surface area (Å²) in [5, 5.41) is 6.00. The molecule has 1 heterocycles. The third-order valence-corrected chi connectivity index (χ3v) is 5.08. The first kappa shape index (κ1) is 22.2. The van der Waals surface area contributed by atoms with Crippen molar-refractivity contribution in [3.63, 3.8) is 0 Å². The van der Waals surface area contributed by atoms with E-state index < -0.39 is 6.10 Å². The van der Waals surface area contributed by atoms with Gasteiger partial charge >= 0.3 is 0 Å². The van der Waals surface area contributed by atoms with Crippen LogP contribution in [0.5, 0.6) is 5.75 Å². The molecule has 1 aliphatic heterocycles. The maximum Gasteiger partial charge on any atom is 0.260 e. The lowest BCUT2D eigenvalue weighted by molar-refractivity contribution is -0.128. The number of nitrogens with one attached hydrogen (secondary N) is 2. The second-order valence-corrected chi connectivity index (χ2v) is 7.90. The Kier molecular flexibility index (Phi) is 8.77. The molecule has 0 aromatic heterocycles. The van der Waals surface area contributed by atoms with Crippen LogP contribution in [0.15, 0.2) is 24.3 Å². The van der Waals surface area contributed by atoms with E-state index in [2.05, 4.69) is 35.4 Å². The van der Waals surface area contributed by atoms with Crippen molar-refractivity contribution in [2.24, 2.45) is 0 Å². The number of piperidine rings is 1. The Morgan fingerprint density at radius 1 is 1.21 bits per heavy atom. The third kappa shape index (κ3) is 7.15. The molecule has 6 heteroatoms. The van der Waals surface area contributed by atoms with E-state index in [4.69, 9.17) is 4.74 Å². The number of hydrogen-bond donors (Lipinski definition) is 2. The number of ether oxygens (including phenoxy) is 1. The predicted molar refractivity (Wildman–Crippen MR) is 112 cm³/mol. The minimum atomic E-state index is -0.541. The first-order valence-electron chi connectivity index (χ1n) is 10.4. The summed E-state index contributed by atoms with van der Waals surface area (Å²) >= 11 is 0. The Hall–Kier alpha value is -2.08. The smallest absolute Gasteiger partial charge is 0.260 e. The maximum absolute atomic E-state index is 12.5. The lowest BCUT2D eigenvalue weighted by atomic mass is 10.0. The van der Waals surface area contributed by atoms with Gasteiger partial charge < -0.3 is 15.4 Å². The number of rotatable bonds is 9. The Bertz CT molecular complexity index is 640. The fourth-order valence-electron chi connectivity index (χ4n) is 3.28. The summed E-state index contributed by atoms with van der Waals surface area (Å²) in [6, 6.07) is 8.05. The summed E-state index contributed by atoms with van der Waals surface area (Å²) < 4.78 is 5.84. The highest BCUT2D eigenvalue weighted by molar-refractivity contribution is 5.81. The van der Waals surface area contributed by atoms with E-state index in [1.54, 1.807) is 6.92 Å². The monoisotopic (exact) mass is 389 g/mol. The molecule has 0 saturated carbocycles. The lowest BCUT2D eigenvalue weighted by Gasteiger charge is -2.32. The normalized spacial score (nSPS) is 16.6. The standard InChI is InChI=1S/C22H35N3O3/c1-5-11-23-21(26)15-25-12-9-19(10-13-25)24-22(27)17(4)28-20-8-6-7-18(14-20)16(2)3/h6-8,14,16-17,19H,5,9-13,15H2,1-4H3,(H,23,26)(H,24,27). The fraction of sp³-hybridized carbons (Fsp3) is 0.636. The molecule has 0 spiro atoms. The first-order valence-corrected chi connectivity index (χ1v) is 10.4. The van der Waals surface area contributed by atoms with Crippen LogP contribution in [-0.2, 0) is 9.59 Å². The van der Waals surface area contributed by atoms with Crippen molar-refractivity contribution in [3.8, 4) is 5.75 Å². The summed E-state index contributed by atoms with van der Waals surface area (Å²) in [7, 11) is 0. The maximum atomic E-state index is 12.5. The van der Waals surface area contributed by atoms with Crippen LogP contribution in [0.4, 0.5) is 0 Å². The van der Waals surface area contributed by atoms with Gasteiger partial charge in [0, 0.05) is 25.7 Å². The Morgan fingerprint density at radius 2 is 1.93 bits per heavy atom. The summed E-state index contributed by atoms with van der Waals surface area (Å²) in [5.41, 5.74) is 1.19. The van der Waals surface area contributed by atoms with Crippen molar-refractivity contribution in [1.82, 2.24) is 15.5 Å². The molecule has 2 amide bonds. The van der Waals surface area contributed by atoms with Gasteiger partial charge in [0.05, 0.1) is 6.54 Å². The van der Waals surface area contributed by atoms with E-state index >= 15 is 0 Å². The molecule has 2 N–H and O–H groups in total. The fourth-order valence-corrected chi connectivity index (χ4v) is 3.28. The van der Waals surface area contributed by atoms with Crippen LogP contribution in [0.3, 0.4) is 0 Å². The molecule has 0 bridgehead atoms. The third-order valence-electron chi connectivity index (χ3n) is 5.08. The quantitative estimate of drug-likeness (QED) is 0.681. The number of carbonyl (C=O) groups excluding carboxylic acids is 2. The number of amides is 2. The van der Waals surface area contributed by atoms with Crippen molar-refractivity contribution in [1.29, 1.82) is 0 Å². The topological polar surface area (TPSA) is 70.7 Å². The van der Waals surface area contributed by atoms with Crippen molar-refractivity contribution in [3.05, 3.63) is 29.8 Å². The van der Waals surface area contributed by atoms with Gasteiger partial charge in [-0.25, -0.2) is 0 Å². The van der Waals surface area contributed by atoms with E-state index in [0.717, 1.165) is 44.6 Å². The minimum Gasteiger partial charge on any atom is -0.481 e. The molecule has 1 aromatic rings. The lowest BCUT2D eigenvalue weighted by Crippen LogP contribution is -2.49. The van der Waals surface area contributed by atoms with Gasteiger partial charge in [0.25, 0.3) is 5.91 Å². The van der Waals surface area contributed by atoms with E-state index in [9.17, 15) is 9.59 Å². The SMILES string of the molecule is CCCNC(=O)CN1CCC(NC(=O)C(C)Oc2cccc(C(C)C)c2)CC1. The Morgan fingerprint density at radius 3 is 2.57 bits per heavy atom. The predicted octanol–water partition coefficient (Wildman–Crippen LogP) is 2.68. The minimum absolute atomic E-state index is 0.0787. The van der Waals surface area contributed by atoms with Crippen molar-refractivity contribution < 1.29 is 14.3 Å². The average Bonchev–Trinajstić information content (AvgIpc) is 2.68. The van der Waals surface area contributed by atoms with Crippen LogP contribution in [0, 0.1) is 0 Å². The average molecular weight is 390 g/mol. The highest BCUT2D eigenvalue weighted by Crippen LogP contribution is 2.21. The summed E-state index contributed by atoms with van der Waals surface area (Å²) in [6.45, 7) is 10.9. The van der Waals surface area contributed by atoms with Crippen LogP contribution in [-0.4, -0.2) is 55.0 Å². The van der Waals surface area contributed by atoms with Crippen LogP contribution < -0.4 is 15.4 Å². The van der Waals surface area contributed by atoms with Gasteiger partial charge in [0.15, 0.2) is 6.10 Å². The molecule has 1 aromatic carbocycles. The Labute approximate surface area is 169 Å². The second-order valence-electron chi connectivity index (χ2n) is 7.90. The number of carbonyl (C=O) groups is 2. The van der Waals surface area contributed by atoms with Gasteiger partial charge in [0.1, 0.15) is 5.75 Å². The van der Waals surface area contributed by atoms with Gasteiger partial charge in [-0.15, -0.1) is 0 Å². The molecule has 1 fully saturated rings. The molecule has 0 aliphatic carbocycles. The zero-order chi connectivity index (χ0) is 20.5. The van der Waals surface area contributed by atoms with Crippen LogP contribution in [0.2, 0.25) is 0 Å². The molecule has 28 heavy (non-hydrogen) atoms. The summed E-state index contributed by atoms with van der Waals surface area (Å²) in [5.74, 6) is 1.13. The number of nitrogens with zero attached hydrogens (tertiary/aromatic N) is 1. The van der Waals surface area contributed by atoms with Crippen molar-refractivity contribution >= 4 is 11.8 Å². The summed E-state index contributed by atoms with van der Waals surface area (Å²) in [6.07, 6.45) is 2.10. The molecule has 156 valence electrons. The van der Waals surface area contributed by atoms with E-state index in [0.29, 0.717) is 12.5 Å². The molecule has 0 radical (unpaired) electrons. The van der Waals surface area contributed by atoms with Gasteiger partial charge in [-0.3, -0.25) is 14.5 Å². The number of likely N-dealkylation sites (tertiary alicyclic amines) is 1. The zero-order valence-electron chi connectivity index (χ0n) is 17.7. The first-order chi connectivity index (χ1) is 13.4. The molecule has 1 atom stereocenters. The largest absolute Gasteiger partial charge is 0.481 e. The molecular weight excluding hydrogens is 354 g/mol. The van der Waals surface area contributed by atoms with E-state index in [1.807, 2.05) is 25.1 Å². The highest BCUT2D eigenvalue weighted by Gasteiger charge is 2.24. The van der Waals surface area contributed by atoms with Crippen LogP contribution in [0.1, 0.15) is 58.4 Å². The highest BCUT2D eigenvalue weighted by atomic mass is 16.5. The zero-order valence-corrected chi connectivity index (χ0v) is 17.7. The van der Waals surface area contributed by atoms with E-state index in [1.165, 1.54) is 5.56 Å². The molecule has 1 saturated heterocycles. The van der Waals surface area contributed by atoms with Gasteiger partial charge in [0.2, 0.25) is 5.91 Å². The second kappa shape index (κ2) is 11.1. The van der Waals surface area contributed by atoms with Gasteiger partial charge in [-0.2, -0.15) is 0 Å². The van der Waals surface area contributed by atoms with E-state index in [-0.39, 0.29) is 17.9 Å². The van der Waals surface area contributed by atoms with Crippen LogP contribution in [0.25, 0.3) is 0 Å². The summed E-state index contributed by atoms with van der Waals surface area (Å²) in [4.78, 5) is 26.5. The molecule has 1 aliphatic rings. The van der Waals surface area contributed by atoms with Crippen molar-refractivity contribution in [2.75, 3.05) is 26.2 Å².